The largest absolute Gasteiger partial charge is 0.357 e. The Morgan fingerprint density at radius 1 is 1.11 bits per heavy atom. The van der Waals surface area contributed by atoms with Crippen LogP contribution in [-0.4, -0.2) is 34.9 Å². The van der Waals surface area contributed by atoms with Crippen molar-refractivity contribution in [2.75, 3.05) is 13.1 Å². The van der Waals surface area contributed by atoms with Gasteiger partial charge in [-0.05, 0) is 83.6 Å². The Bertz CT molecular complexity index is 809. The molecule has 1 unspecified atom stereocenters. The topological polar surface area (TPSA) is 54.2 Å². The SMILES string of the molecule is CCNC(=NCCc1c(C)cc(C)cc1C)NC(C)Cc1c(C)nn(C)c1C. The average Bonchev–Trinajstić information content (AvgIpc) is 2.83. The van der Waals surface area contributed by atoms with Crippen molar-refractivity contribution in [1.29, 1.82) is 0 Å². The first-order valence-electron chi connectivity index (χ1n) is 10.3. The van der Waals surface area contributed by atoms with Crippen LogP contribution in [0.3, 0.4) is 0 Å². The Balaban J connectivity index is 2.02. The second-order valence-electron chi connectivity index (χ2n) is 7.91. The molecule has 0 spiro atoms. The van der Waals surface area contributed by atoms with E-state index in [-0.39, 0.29) is 6.04 Å². The maximum atomic E-state index is 4.82. The van der Waals surface area contributed by atoms with E-state index >= 15 is 0 Å². The zero-order valence-electron chi connectivity index (χ0n) is 18.9. The van der Waals surface area contributed by atoms with Crippen molar-refractivity contribution in [3.63, 3.8) is 0 Å². The van der Waals surface area contributed by atoms with Crippen molar-refractivity contribution in [3.05, 3.63) is 51.3 Å². The molecule has 2 N–H and O–H groups in total. The summed E-state index contributed by atoms with van der Waals surface area (Å²) in [6, 6.07) is 4.80. The third-order valence-electron chi connectivity index (χ3n) is 5.37. The van der Waals surface area contributed by atoms with E-state index in [1.54, 1.807) is 0 Å². The van der Waals surface area contributed by atoms with Crippen molar-refractivity contribution >= 4 is 5.96 Å². The standard InChI is InChI=1S/C23H37N5/c1-9-24-23(25-11-10-21-16(3)12-15(2)13-17(21)4)26-18(5)14-22-19(6)27-28(8)20(22)7/h12-13,18H,9-11,14H2,1-8H3,(H2,24,25,26). The minimum absolute atomic E-state index is 0.280. The van der Waals surface area contributed by atoms with E-state index in [9.17, 15) is 0 Å². The van der Waals surface area contributed by atoms with Gasteiger partial charge in [0.25, 0.3) is 0 Å². The van der Waals surface area contributed by atoms with Crippen LogP contribution in [0.15, 0.2) is 17.1 Å². The van der Waals surface area contributed by atoms with Gasteiger partial charge in [0.1, 0.15) is 0 Å². The summed E-state index contributed by atoms with van der Waals surface area (Å²) in [4.78, 5) is 4.82. The van der Waals surface area contributed by atoms with Gasteiger partial charge >= 0.3 is 0 Å². The van der Waals surface area contributed by atoms with E-state index < -0.39 is 0 Å². The fourth-order valence-electron chi connectivity index (χ4n) is 3.91. The number of hydrogen-bond donors (Lipinski definition) is 2. The molecular formula is C23H37N5. The fourth-order valence-corrected chi connectivity index (χ4v) is 3.91. The van der Waals surface area contributed by atoms with Crippen molar-refractivity contribution in [2.45, 2.75) is 67.3 Å². The monoisotopic (exact) mass is 383 g/mol. The lowest BCUT2D eigenvalue weighted by molar-refractivity contribution is 0.635. The maximum absolute atomic E-state index is 4.82. The van der Waals surface area contributed by atoms with Crippen LogP contribution in [0, 0.1) is 34.6 Å². The third-order valence-corrected chi connectivity index (χ3v) is 5.37. The number of guanidine groups is 1. The molecule has 5 heteroatoms. The number of aromatic nitrogens is 2. The first kappa shape index (κ1) is 22.0. The fraction of sp³-hybridized carbons (Fsp3) is 0.565. The number of hydrogen-bond acceptors (Lipinski definition) is 2. The van der Waals surface area contributed by atoms with E-state index in [4.69, 9.17) is 4.99 Å². The van der Waals surface area contributed by atoms with Crippen LogP contribution in [0.4, 0.5) is 0 Å². The van der Waals surface area contributed by atoms with Gasteiger partial charge in [0.05, 0.1) is 5.69 Å². The molecule has 0 aliphatic rings. The summed E-state index contributed by atoms with van der Waals surface area (Å²) in [6.45, 7) is 16.7. The zero-order chi connectivity index (χ0) is 20.8. The number of nitrogens with one attached hydrogen (secondary N) is 2. The lowest BCUT2D eigenvalue weighted by Crippen LogP contribution is -2.43. The molecule has 154 valence electrons. The second kappa shape index (κ2) is 9.76. The molecule has 28 heavy (non-hydrogen) atoms. The van der Waals surface area contributed by atoms with Crippen LogP contribution in [0.5, 0.6) is 0 Å². The Hall–Kier alpha value is -2.30. The van der Waals surface area contributed by atoms with Gasteiger partial charge in [-0.15, -0.1) is 0 Å². The van der Waals surface area contributed by atoms with Gasteiger partial charge in [-0.25, -0.2) is 0 Å². The zero-order valence-corrected chi connectivity index (χ0v) is 18.9. The molecule has 0 saturated carbocycles. The highest BCUT2D eigenvalue weighted by Crippen LogP contribution is 2.17. The van der Waals surface area contributed by atoms with Crippen LogP contribution in [-0.2, 0) is 19.9 Å². The highest BCUT2D eigenvalue weighted by atomic mass is 15.3. The molecule has 1 heterocycles. The van der Waals surface area contributed by atoms with Gasteiger partial charge in [-0.2, -0.15) is 5.10 Å². The van der Waals surface area contributed by atoms with Gasteiger partial charge in [0.2, 0.25) is 0 Å². The number of rotatable bonds is 7. The highest BCUT2D eigenvalue weighted by Gasteiger charge is 2.14. The molecule has 1 aromatic carbocycles. The summed E-state index contributed by atoms with van der Waals surface area (Å²) < 4.78 is 1.96. The van der Waals surface area contributed by atoms with Crippen molar-refractivity contribution in [3.8, 4) is 0 Å². The summed E-state index contributed by atoms with van der Waals surface area (Å²) in [6.07, 6.45) is 1.90. The quantitative estimate of drug-likeness (QED) is 0.566. The number of aryl methyl sites for hydroxylation is 5. The van der Waals surface area contributed by atoms with Gasteiger partial charge in [0.15, 0.2) is 5.96 Å². The molecule has 0 saturated heterocycles. The Morgan fingerprint density at radius 2 is 1.75 bits per heavy atom. The van der Waals surface area contributed by atoms with Crippen LogP contribution in [0.2, 0.25) is 0 Å². The van der Waals surface area contributed by atoms with Gasteiger partial charge in [-0.3, -0.25) is 9.67 Å². The molecule has 0 fully saturated rings. The molecule has 0 aliphatic carbocycles. The van der Waals surface area contributed by atoms with Crippen LogP contribution in [0.25, 0.3) is 0 Å². The molecular weight excluding hydrogens is 346 g/mol. The molecule has 0 radical (unpaired) electrons. The first-order valence-corrected chi connectivity index (χ1v) is 10.3. The smallest absolute Gasteiger partial charge is 0.191 e. The van der Waals surface area contributed by atoms with Gasteiger partial charge in [0, 0.05) is 31.9 Å². The van der Waals surface area contributed by atoms with Crippen molar-refractivity contribution < 1.29 is 0 Å². The minimum atomic E-state index is 0.280. The van der Waals surface area contributed by atoms with Crippen LogP contribution in [0.1, 0.15) is 53.1 Å². The predicted octanol–water partition coefficient (Wildman–Crippen LogP) is 3.69. The molecule has 0 bridgehead atoms. The molecule has 2 rings (SSSR count). The number of benzene rings is 1. The summed E-state index contributed by atoms with van der Waals surface area (Å²) in [5, 5.41) is 11.5. The molecule has 1 aromatic heterocycles. The van der Waals surface area contributed by atoms with Crippen LogP contribution >= 0.6 is 0 Å². The average molecular weight is 384 g/mol. The second-order valence-corrected chi connectivity index (χ2v) is 7.91. The third kappa shape index (κ3) is 5.60. The number of aliphatic imine (C=N–C) groups is 1. The van der Waals surface area contributed by atoms with E-state index in [1.165, 1.54) is 33.5 Å². The molecule has 0 aliphatic heterocycles. The van der Waals surface area contributed by atoms with E-state index in [2.05, 4.69) is 76.3 Å². The maximum Gasteiger partial charge on any atom is 0.191 e. The summed E-state index contributed by atoms with van der Waals surface area (Å²) >= 11 is 0. The normalized spacial score (nSPS) is 12.9. The predicted molar refractivity (Wildman–Crippen MR) is 119 cm³/mol. The Kier molecular flexibility index (Phi) is 7.67. The molecule has 2 aromatic rings. The van der Waals surface area contributed by atoms with Gasteiger partial charge in [-0.1, -0.05) is 17.7 Å². The summed E-state index contributed by atoms with van der Waals surface area (Å²) in [5.74, 6) is 0.886. The lowest BCUT2D eigenvalue weighted by Gasteiger charge is -2.18. The molecule has 5 nitrogen and oxygen atoms in total. The lowest BCUT2D eigenvalue weighted by atomic mass is 9.97. The minimum Gasteiger partial charge on any atom is -0.357 e. The number of nitrogens with zero attached hydrogens (tertiary/aromatic N) is 3. The van der Waals surface area contributed by atoms with Crippen molar-refractivity contribution in [1.82, 2.24) is 20.4 Å². The Labute approximate surface area is 170 Å². The van der Waals surface area contributed by atoms with E-state index in [0.717, 1.165) is 37.6 Å². The van der Waals surface area contributed by atoms with Gasteiger partial charge < -0.3 is 10.6 Å². The molecule has 1 atom stereocenters. The van der Waals surface area contributed by atoms with Crippen LogP contribution < -0.4 is 10.6 Å². The summed E-state index contributed by atoms with van der Waals surface area (Å²) in [5.41, 5.74) is 9.14. The van der Waals surface area contributed by atoms with E-state index in [1.807, 2.05) is 11.7 Å². The molecule has 0 amide bonds. The van der Waals surface area contributed by atoms with Crippen molar-refractivity contribution in [2.24, 2.45) is 12.0 Å². The van der Waals surface area contributed by atoms with E-state index in [0.29, 0.717) is 0 Å². The Morgan fingerprint density at radius 3 is 2.29 bits per heavy atom. The highest BCUT2D eigenvalue weighted by molar-refractivity contribution is 5.80. The summed E-state index contributed by atoms with van der Waals surface area (Å²) in [7, 11) is 2.00. The first-order chi connectivity index (χ1) is 13.2.